The van der Waals surface area contributed by atoms with E-state index in [9.17, 15) is 9.18 Å². The molecule has 1 amide bonds. The van der Waals surface area contributed by atoms with E-state index in [-0.39, 0.29) is 5.82 Å². The molecular weight excluding hydrogens is 385 g/mol. The Morgan fingerprint density at radius 3 is 2.84 bits per heavy atom. The molecule has 0 radical (unpaired) electrons. The van der Waals surface area contributed by atoms with Gasteiger partial charge in [-0.15, -0.1) is 0 Å². The molecule has 6 heteroatoms. The Morgan fingerprint density at radius 2 is 2.08 bits per heavy atom. The van der Waals surface area contributed by atoms with Gasteiger partial charge in [-0.3, -0.25) is 4.79 Å². The summed E-state index contributed by atoms with van der Waals surface area (Å²) >= 11 is 3.32. The van der Waals surface area contributed by atoms with Crippen molar-refractivity contribution in [1.82, 2.24) is 4.98 Å². The third-order valence-corrected chi connectivity index (χ3v) is 4.36. The van der Waals surface area contributed by atoms with Gasteiger partial charge in [-0.2, -0.15) is 0 Å². The number of aromatic nitrogens is 1. The number of amides is 1. The highest BCUT2D eigenvalue weighted by molar-refractivity contribution is 9.10. The molecule has 0 aliphatic rings. The summed E-state index contributed by atoms with van der Waals surface area (Å²) in [7, 11) is 0. The largest absolute Gasteiger partial charge is 0.384 e. The van der Waals surface area contributed by atoms with E-state index in [2.05, 4.69) is 26.2 Å². The van der Waals surface area contributed by atoms with E-state index >= 15 is 0 Å². The molecule has 0 spiro atoms. The molecule has 0 fully saturated rings. The minimum atomic E-state index is -0.439. The number of hydrogen-bond donors (Lipinski definition) is 2. The first-order valence-electron chi connectivity index (χ1n) is 7.83. The predicted octanol–water partition coefficient (Wildman–Crippen LogP) is 4.20. The zero-order valence-corrected chi connectivity index (χ0v) is 15.2. The van der Waals surface area contributed by atoms with E-state index in [0.717, 1.165) is 22.3 Å². The van der Waals surface area contributed by atoms with Gasteiger partial charge in [-0.25, -0.2) is 9.37 Å². The quantitative estimate of drug-likeness (QED) is 0.672. The van der Waals surface area contributed by atoms with Crippen molar-refractivity contribution in [2.45, 2.75) is 13.3 Å². The van der Waals surface area contributed by atoms with Crippen LogP contribution in [0.5, 0.6) is 0 Å². The Labute approximate surface area is 153 Å². The molecule has 3 rings (SSSR count). The highest BCUT2D eigenvalue weighted by Crippen LogP contribution is 2.28. The van der Waals surface area contributed by atoms with Crippen molar-refractivity contribution < 1.29 is 9.18 Å². The monoisotopic (exact) mass is 401 g/mol. The van der Waals surface area contributed by atoms with Crippen LogP contribution in [0.3, 0.4) is 0 Å². The fourth-order valence-corrected chi connectivity index (χ4v) is 3.18. The molecule has 128 valence electrons. The number of carbonyl (C=O) groups excluding carboxylic acids is 1. The molecule has 3 N–H and O–H groups in total. The smallest absolute Gasteiger partial charge is 0.248 e. The zero-order valence-electron chi connectivity index (χ0n) is 13.6. The second-order valence-corrected chi connectivity index (χ2v) is 6.75. The second kappa shape index (κ2) is 7.19. The molecule has 0 saturated heterocycles. The van der Waals surface area contributed by atoms with Gasteiger partial charge in [0.2, 0.25) is 5.91 Å². The highest BCUT2D eigenvalue weighted by Gasteiger charge is 2.10. The topological polar surface area (TPSA) is 68.0 Å². The van der Waals surface area contributed by atoms with Crippen molar-refractivity contribution in [3.8, 4) is 0 Å². The number of carbonyl (C=O) groups is 1. The van der Waals surface area contributed by atoms with Crippen LogP contribution >= 0.6 is 15.9 Å². The van der Waals surface area contributed by atoms with Crippen molar-refractivity contribution >= 4 is 38.4 Å². The maximum absolute atomic E-state index is 14.2. The first kappa shape index (κ1) is 17.4. The number of hydrogen-bond acceptors (Lipinski definition) is 3. The number of fused-ring (bicyclic) bond motifs is 1. The number of halogens is 2. The molecule has 0 aliphatic heterocycles. The Balaban J connectivity index is 1.82. The number of rotatable bonds is 5. The number of pyridine rings is 1. The highest BCUT2D eigenvalue weighted by atomic mass is 79.9. The molecule has 1 aromatic heterocycles. The normalized spacial score (nSPS) is 10.8. The summed E-state index contributed by atoms with van der Waals surface area (Å²) in [4.78, 5) is 15.5. The van der Waals surface area contributed by atoms with Crippen molar-refractivity contribution in [2.75, 3.05) is 11.9 Å². The first-order chi connectivity index (χ1) is 11.9. The average molecular weight is 402 g/mol. The molecule has 0 atom stereocenters. The number of anilines is 1. The van der Waals surface area contributed by atoms with Crippen LogP contribution in [0.2, 0.25) is 0 Å². The van der Waals surface area contributed by atoms with Gasteiger partial charge in [-0.05, 0) is 49.2 Å². The Kier molecular flexibility index (Phi) is 4.99. The Bertz CT molecular complexity index is 959. The van der Waals surface area contributed by atoms with Gasteiger partial charge in [0.05, 0.1) is 0 Å². The van der Waals surface area contributed by atoms with Gasteiger partial charge in [-0.1, -0.05) is 28.1 Å². The Hall–Kier alpha value is -2.47. The lowest BCUT2D eigenvalue weighted by Gasteiger charge is -2.12. The number of aryl methyl sites for hydroxylation is 1. The lowest BCUT2D eigenvalue weighted by molar-refractivity contribution is 0.1000. The van der Waals surface area contributed by atoms with Crippen molar-refractivity contribution in [3.05, 3.63) is 69.6 Å². The van der Waals surface area contributed by atoms with E-state index in [1.165, 1.54) is 6.07 Å². The minimum Gasteiger partial charge on any atom is -0.384 e. The van der Waals surface area contributed by atoms with Crippen LogP contribution in [-0.2, 0) is 6.42 Å². The summed E-state index contributed by atoms with van der Waals surface area (Å²) < 4.78 is 14.8. The van der Waals surface area contributed by atoms with Crippen molar-refractivity contribution in [3.63, 3.8) is 0 Å². The number of primary amides is 1. The van der Waals surface area contributed by atoms with Gasteiger partial charge >= 0.3 is 0 Å². The number of nitrogens with two attached hydrogens (primary N) is 1. The van der Waals surface area contributed by atoms with E-state index in [0.29, 0.717) is 28.5 Å². The van der Waals surface area contributed by atoms with E-state index < -0.39 is 5.91 Å². The van der Waals surface area contributed by atoms with E-state index in [4.69, 9.17) is 5.73 Å². The lowest BCUT2D eigenvalue weighted by Crippen LogP contribution is -2.12. The third-order valence-electron chi connectivity index (χ3n) is 3.90. The molecule has 2 aromatic carbocycles. The summed E-state index contributed by atoms with van der Waals surface area (Å²) in [5, 5.41) is 4.06. The summed E-state index contributed by atoms with van der Waals surface area (Å²) in [5.41, 5.74) is 8.73. The molecule has 0 unspecified atom stereocenters. The van der Waals surface area contributed by atoms with Crippen LogP contribution in [0, 0.1) is 12.7 Å². The summed E-state index contributed by atoms with van der Waals surface area (Å²) in [6, 6.07) is 12.4. The van der Waals surface area contributed by atoms with Gasteiger partial charge in [0.1, 0.15) is 5.52 Å². The van der Waals surface area contributed by atoms with Gasteiger partial charge < -0.3 is 11.1 Å². The zero-order chi connectivity index (χ0) is 18.0. The molecule has 3 aromatic rings. The predicted molar refractivity (Wildman–Crippen MR) is 101 cm³/mol. The third kappa shape index (κ3) is 3.96. The van der Waals surface area contributed by atoms with E-state index in [1.54, 1.807) is 12.1 Å². The Morgan fingerprint density at radius 1 is 1.28 bits per heavy atom. The van der Waals surface area contributed by atoms with Crippen LogP contribution in [0.1, 0.15) is 21.6 Å². The van der Waals surface area contributed by atoms with Gasteiger partial charge in [0.25, 0.3) is 0 Å². The number of nitrogens with one attached hydrogen (secondary N) is 1. The van der Waals surface area contributed by atoms with Crippen molar-refractivity contribution in [2.24, 2.45) is 5.73 Å². The fraction of sp³-hybridized carbons (Fsp3) is 0.158. The van der Waals surface area contributed by atoms with Crippen LogP contribution in [0.15, 0.2) is 46.9 Å². The molecule has 0 aliphatic carbocycles. The maximum Gasteiger partial charge on any atom is 0.248 e. The van der Waals surface area contributed by atoms with Gasteiger partial charge in [0.15, 0.2) is 5.82 Å². The summed E-state index contributed by atoms with van der Waals surface area (Å²) in [5.74, 6) is -0.795. The maximum atomic E-state index is 14.2. The minimum absolute atomic E-state index is 0.349. The van der Waals surface area contributed by atoms with Crippen LogP contribution in [0.25, 0.3) is 10.9 Å². The van der Waals surface area contributed by atoms with Crippen LogP contribution in [-0.4, -0.2) is 17.4 Å². The lowest BCUT2D eigenvalue weighted by atomic mass is 10.1. The number of benzene rings is 2. The standard InChI is InChI=1S/C19H17BrFN3O/c1-11-7-17(15-9-14(20)10-16(21)18(15)24-11)23-6-5-12-3-2-4-13(8-12)19(22)25/h2-4,7-10H,5-6H2,1H3,(H2,22,25)(H,23,24). The second-order valence-electron chi connectivity index (χ2n) is 5.84. The molecule has 0 bridgehead atoms. The van der Waals surface area contributed by atoms with Crippen LogP contribution in [0.4, 0.5) is 10.1 Å². The number of nitrogens with zero attached hydrogens (tertiary/aromatic N) is 1. The molecule has 1 heterocycles. The fourth-order valence-electron chi connectivity index (χ4n) is 2.75. The van der Waals surface area contributed by atoms with E-state index in [1.807, 2.05) is 31.2 Å². The SMILES string of the molecule is Cc1cc(NCCc2cccc(C(N)=O)c2)c2cc(Br)cc(F)c2n1. The molecular formula is C19H17BrFN3O. The van der Waals surface area contributed by atoms with Crippen molar-refractivity contribution in [1.29, 1.82) is 0 Å². The molecule has 4 nitrogen and oxygen atoms in total. The molecule has 25 heavy (non-hydrogen) atoms. The van der Waals surface area contributed by atoms with Crippen LogP contribution < -0.4 is 11.1 Å². The van der Waals surface area contributed by atoms with Gasteiger partial charge in [0, 0.05) is 33.3 Å². The first-order valence-corrected chi connectivity index (χ1v) is 8.62. The molecule has 0 saturated carbocycles. The average Bonchev–Trinajstić information content (AvgIpc) is 2.56. The summed E-state index contributed by atoms with van der Waals surface area (Å²) in [6.07, 6.45) is 0.709. The summed E-state index contributed by atoms with van der Waals surface area (Å²) in [6.45, 7) is 2.47.